The Kier molecular flexibility index (Phi) is 7.99. The molecule has 1 aromatic carbocycles. The summed E-state index contributed by atoms with van der Waals surface area (Å²) in [6.07, 6.45) is -0.674. The number of hydrogen-bond acceptors (Lipinski definition) is 7. The molecule has 0 aliphatic carbocycles. The van der Waals surface area contributed by atoms with Crippen molar-refractivity contribution >= 4 is 23.7 Å². The fraction of sp³-hybridized carbons (Fsp3) is 0.500. The van der Waals surface area contributed by atoms with Gasteiger partial charge < -0.3 is 19.5 Å². The number of esters is 1. The first-order chi connectivity index (χ1) is 13.8. The predicted octanol–water partition coefficient (Wildman–Crippen LogP) is 1.98. The zero-order valence-corrected chi connectivity index (χ0v) is 16.8. The Morgan fingerprint density at radius 2 is 1.72 bits per heavy atom. The third-order valence-corrected chi connectivity index (χ3v) is 3.96. The minimum atomic E-state index is -1.16. The maximum Gasteiger partial charge on any atom is 0.321 e. The SMILES string of the molecule is CC(C)NC(=O)NC(=O)[C@@H](C)OC(=O)CCC(=O)c1ccc2c(c1)OCCCO2. The molecule has 29 heavy (non-hydrogen) atoms. The fourth-order valence-electron chi connectivity index (χ4n) is 2.52. The van der Waals surface area contributed by atoms with Crippen LogP contribution >= 0.6 is 0 Å². The number of carbonyl (C=O) groups excluding carboxylic acids is 4. The maximum atomic E-state index is 12.4. The van der Waals surface area contributed by atoms with Crippen LogP contribution in [0.1, 0.15) is 50.4 Å². The molecule has 3 amide bonds. The molecule has 0 saturated carbocycles. The molecular formula is C20H26N2O7. The molecule has 1 heterocycles. The number of carbonyl (C=O) groups is 4. The van der Waals surface area contributed by atoms with Crippen molar-refractivity contribution in [2.75, 3.05) is 13.2 Å². The van der Waals surface area contributed by atoms with E-state index in [0.29, 0.717) is 30.3 Å². The molecule has 0 unspecified atom stereocenters. The van der Waals surface area contributed by atoms with E-state index in [9.17, 15) is 19.2 Å². The Hall–Kier alpha value is -3.10. The zero-order chi connectivity index (χ0) is 21.4. The van der Waals surface area contributed by atoms with E-state index in [1.165, 1.54) is 6.92 Å². The molecule has 0 saturated heterocycles. The molecular weight excluding hydrogens is 380 g/mol. The lowest BCUT2D eigenvalue weighted by Crippen LogP contribution is -2.46. The summed E-state index contributed by atoms with van der Waals surface area (Å²) in [6, 6.07) is 4.07. The first kappa shape index (κ1) is 22.2. The number of urea groups is 1. The summed E-state index contributed by atoms with van der Waals surface area (Å²) in [5.41, 5.74) is 0.401. The Morgan fingerprint density at radius 1 is 1.03 bits per heavy atom. The Balaban J connectivity index is 1.81. The number of imide groups is 1. The molecule has 0 radical (unpaired) electrons. The van der Waals surface area contributed by atoms with E-state index in [-0.39, 0.29) is 24.7 Å². The molecule has 1 aliphatic rings. The summed E-state index contributed by atoms with van der Waals surface area (Å²) < 4.78 is 16.1. The van der Waals surface area contributed by atoms with Gasteiger partial charge in [0, 0.05) is 24.4 Å². The maximum absolute atomic E-state index is 12.4. The predicted molar refractivity (Wildman–Crippen MR) is 103 cm³/mol. The van der Waals surface area contributed by atoms with Gasteiger partial charge >= 0.3 is 12.0 Å². The number of ether oxygens (including phenoxy) is 3. The van der Waals surface area contributed by atoms with Gasteiger partial charge in [0.2, 0.25) is 0 Å². The Morgan fingerprint density at radius 3 is 2.41 bits per heavy atom. The lowest BCUT2D eigenvalue weighted by molar-refractivity contribution is -0.154. The lowest BCUT2D eigenvalue weighted by atomic mass is 10.1. The van der Waals surface area contributed by atoms with Crippen molar-refractivity contribution in [1.29, 1.82) is 0 Å². The summed E-state index contributed by atoms with van der Waals surface area (Å²) in [5, 5.41) is 4.57. The van der Waals surface area contributed by atoms with Gasteiger partial charge in [-0.15, -0.1) is 0 Å². The van der Waals surface area contributed by atoms with Crippen LogP contribution in [0.15, 0.2) is 18.2 Å². The fourth-order valence-corrected chi connectivity index (χ4v) is 2.52. The number of amides is 3. The number of Topliss-reactive ketones (excluding diaryl/α,β-unsaturated/α-hetero) is 1. The van der Waals surface area contributed by atoms with Gasteiger partial charge in [-0.1, -0.05) is 0 Å². The molecule has 9 heteroatoms. The molecule has 2 rings (SSSR count). The molecule has 0 fully saturated rings. The first-order valence-electron chi connectivity index (χ1n) is 9.50. The van der Waals surface area contributed by atoms with Crippen LogP contribution in [-0.2, 0) is 14.3 Å². The summed E-state index contributed by atoms with van der Waals surface area (Å²) in [6.45, 7) is 5.90. The van der Waals surface area contributed by atoms with E-state index in [2.05, 4.69) is 10.6 Å². The van der Waals surface area contributed by atoms with Gasteiger partial charge in [0.1, 0.15) is 0 Å². The smallest absolute Gasteiger partial charge is 0.321 e. The highest BCUT2D eigenvalue weighted by Crippen LogP contribution is 2.30. The molecule has 0 bridgehead atoms. The van der Waals surface area contributed by atoms with Gasteiger partial charge in [-0.2, -0.15) is 0 Å². The highest BCUT2D eigenvalue weighted by atomic mass is 16.5. The molecule has 0 aromatic heterocycles. The second kappa shape index (κ2) is 10.4. The summed E-state index contributed by atoms with van der Waals surface area (Å²) >= 11 is 0. The van der Waals surface area contributed by atoms with Crippen molar-refractivity contribution in [3.05, 3.63) is 23.8 Å². The summed E-state index contributed by atoms with van der Waals surface area (Å²) in [5.74, 6) is -0.628. The van der Waals surface area contributed by atoms with Crippen molar-refractivity contribution in [3.8, 4) is 11.5 Å². The zero-order valence-electron chi connectivity index (χ0n) is 16.8. The van der Waals surface area contributed by atoms with Crippen LogP contribution in [0.25, 0.3) is 0 Å². The highest BCUT2D eigenvalue weighted by molar-refractivity contribution is 5.99. The van der Waals surface area contributed by atoms with E-state index in [0.717, 1.165) is 6.42 Å². The van der Waals surface area contributed by atoms with Crippen LogP contribution in [0.2, 0.25) is 0 Å². The van der Waals surface area contributed by atoms with Crippen molar-refractivity contribution in [2.45, 2.75) is 52.2 Å². The third kappa shape index (κ3) is 7.10. The van der Waals surface area contributed by atoms with E-state index in [4.69, 9.17) is 14.2 Å². The van der Waals surface area contributed by atoms with Crippen LogP contribution in [0.3, 0.4) is 0 Å². The first-order valence-corrected chi connectivity index (χ1v) is 9.50. The van der Waals surface area contributed by atoms with Gasteiger partial charge in [-0.05, 0) is 39.0 Å². The van der Waals surface area contributed by atoms with Crippen LogP contribution in [0.5, 0.6) is 11.5 Å². The van der Waals surface area contributed by atoms with Gasteiger partial charge in [0.25, 0.3) is 5.91 Å². The minimum Gasteiger partial charge on any atom is -0.490 e. The Bertz CT molecular complexity index is 776. The van der Waals surface area contributed by atoms with Crippen molar-refractivity contribution in [1.82, 2.24) is 10.6 Å². The lowest BCUT2D eigenvalue weighted by Gasteiger charge is -2.14. The third-order valence-electron chi connectivity index (χ3n) is 3.96. The highest BCUT2D eigenvalue weighted by Gasteiger charge is 2.21. The van der Waals surface area contributed by atoms with Crippen molar-refractivity contribution < 1.29 is 33.4 Å². The standard InChI is InChI=1S/C20H26N2O7/c1-12(2)21-20(26)22-19(25)13(3)29-18(24)8-6-15(23)14-5-7-16-17(11-14)28-10-4-9-27-16/h5,7,11-13H,4,6,8-10H2,1-3H3,(H2,21,22,25,26)/t13-/m1/s1. The average molecular weight is 406 g/mol. The van der Waals surface area contributed by atoms with Crippen LogP contribution < -0.4 is 20.1 Å². The molecule has 0 spiro atoms. The van der Waals surface area contributed by atoms with E-state index >= 15 is 0 Å². The van der Waals surface area contributed by atoms with Crippen LogP contribution in [-0.4, -0.2) is 49.1 Å². The minimum absolute atomic E-state index is 0.0827. The second-order valence-electron chi connectivity index (χ2n) is 6.88. The van der Waals surface area contributed by atoms with Gasteiger partial charge in [-0.3, -0.25) is 19.7 Å². The van der Waals surface area contributed by atoms with Gasteiger partial charge in [-0.25, -0.2) is 4.79 Å². The quantitative estimate of drug-likeness (QED) is 0.525. The largest absolute Gasteiger partial charge is 0.490 e. The second-order valence-corrected chi connectivity index (χ2v) is 6.88. The van der Waals surface area contributed by atoms with Crippen molar-refractivity contribution in [2.24, 2.45) is 0 Å². The Labute approximate surface area is 169 Å². The number of fused-ring (bicyclic) bond motifs is 1. The molecule has 1 aromatic rings. The van der Waals surface area contributed by atoms with E-state index in [1.54, 1.807) is 32.0 Å². The summed E-state index contributed by atoms with van der Waals surface area (Å²) in [7, 11) is 0. The molecule has 158 valence electrons. The van der Waals surface area contributed by atoms with Gasteiger partial charge in [0.05, 0.1) is 19.6 Å². The monoisotopic (exact) mass is 406 g/mol. The number of rotatable bonds is 7. The topological polar surface area (TPSA) is 120 Å². The van der Waals surface area contributed by atoms with Crippen LogP contribution in [0.4, 0.5) is 4.79 Å². The molecule has 1 atom stereocenters. The van der Waals surface area contributed by atoms with Crippen LogP contribution in [0, 0.1) is 0 Å². The van der Waals surface area contributed by atoms with Crippen molar-refractivity contribution in [3.63, 3.8) is 0 Å². The number of ketones is 1. The van der Waals surface area contributed by atoms with Gasteiger partial charge in [0.15, 0.2) is 23.4 Å². The molecule has 2 N–H and O–H groups in total. The average Bonchev–Trinajstić information content (AvgIpc) is 2.89. The van der Waals surface area contributed by atoms with E-state index in [1.807, 2.05) is 0 Å². The number of benzene rings is 1. The normalized spacial score (nSPS) is 13.8. The number of hydrogen-bond donors (Lipinski definition) is 2. The molecule has 9 nitrogen and oxygen atoms in total. The number of nitrogens with one attached hydrogen (secondary N) is 2. The molecule has 1 aliphatic heterocycles. The van der Waals surface area contributed by atoms with E-state index < -0.39 is 24.0 Å². The summed E-state index contributed by atoms with van der Waals surface area (Å²) in [4.78, 5) is 47.6.